The first-order valence-corrected chi connectivity index (χ1v) is 10.3. The van der Waals surface area contributed by atoms with E-state index in [-0.39, 0.29) is 30.7 Å². The molecule has 0 bridgehead atoms. The largest absolute Gasteiger partial charge is 0.335 e. The lowest BCUT2D eigenvalue weighted by Crippen LogP contribution is -2.48. The fourth-order valence-electron chi connectivity index (χ4n) is 3.59. The van der Waals surface area contributed by atoms with Crippen LogP contribution >= 0.6 is 36.2 Å². The van der Waals surface area contributed by atoms with Gasteiger partial charge in [0.25, 0.3) is 5.91 Å². The summed E-state index contributed by atoms with van der Waals surface area (Å²) in [7, 11) is 0. The minimum Gasteiger partial charge on any atom is -0.335 e. The van der Waals surface area contributed by atoms with Gasteiger partial charge in [-0.1, -0.05) is 42.5 Å². The topological polar surface area (TPSA) is 62.5 Å². The number of carbonyl (C=O) groups excluding carboxylic acids is 1. The zero-order valence-corrected chi connectivity index (χ0v) is 18.6. The molecule has 1 fully saturated rings. The van der Waals surface area contributed by atoms with E-state index >= 15 is 0 Å². The number of halogens is 2. The van der Waals surface area contributed by atoms with E-state index in [0.29, 0.717) is 12.2 Å². The van der Waals surface area contributed by atoms with Gasteiger partial charge in [-0.05, 0) is 22.9 Å². The highest BCUT2D eigenvalue weighted by Gasteiger charge is 2.24. The van der Waals surface area contributed by atoms with Gasteiger partial charge in [0.15, 0.2) is 0 Å². The van der Waals surface area contributed by atoms with E-state index < -0.39 is 0 Å². The maximum absolute atomic E-state index is 12.7. The van der Waals surface area contributed by atoms with Crippen LogP contribution in [-0.4, -0.2) is 53.4 Å². The minimum atomic E-state index is 0. The number of carbonyl (C=O) groups is 1. The van der Waals surface area contributed by atoms with Gasteiger partial charge in [-0.25, -0.2) is 4.98 Å². The lowest BCUT2D eigenvalue weighted by Gasteiger charge is -2.34. The summed E-state index contributed by atoms with van der Waals surface area (Å²) >= 11 is 1.52. The van der Waals surface area contributed by atoms with Crippen LogP contribution in [0, 0.1) is 0 Å². The molecule has 2 aromatic carbocycles. The third-order valence-corrected chi connectivity index (χ3v) is 5.97. The monoisotopic (exact) mass is 452 g/mol. The summed E-state index contributed by atoms with van der Waals surface area (Å²) in [5, 5.41) is 5.39. The van der Waals surface area contributed by atoms with E-state index in [1.165, 1.54) is 27.7 Å². The Morgan fingerprint density at radius 2 is 1.76 bits per heavy atom. The molecule has 156 valence electrons. The second kappa shape index (κ2) is 10.9. The molecule has 0 unspecified atom stereocenters. The van der Waals surface area contributed by atoms with Crippen molar-refractivity contribution < 1.29 is 4.79 Å². The Labute approximate surface area is 187 Å². The summed E-state index contributed by atoms with van der Waals surface area (Å²) in [6.07, 6.45) is 0.733. The standard InChI is InChI=1S/C21H24N4OS.2ClH/c22-9-8-20-23-19(15-27-20)21(26)25-12-10-24(11-13-25)14-17-6-3-5-16-4-1-2-7-18(16)17;;/h1-7,15H,8-14,22H2;2*1H. The summed E-state index contributed by atoms with van der Waals surface area (Å²) in [4.78, 5) is 21.4. The number of nitrogens with zero attached hydrogens (tertiary/aromatic N) is 3. The molecule has 8 heteroatoms. The SMILES string of the molecule is Cl.Cl.NCCc1nc(C(=O)N2CCN(Cc3cccc4ccccc34)CC2)cs1. The van der Waals surface area contributed by atoms with Crippen molar-refractivity contribution in [1.82, 2.24) is 14.8 Å². The zero-order valence-electron chi connectivity index (χ0n) is 16.1. The lowest BCUT2D eigenvalue weighted by atomic mass is 10.0. The first kappa shape index (κ1) is 23.6. The number of hydrogen-bond donors (Lipinski definition) is 1. The fraction of sp³-hybridized carbons (Fsp3) is 0.333. The average molecular weight is 453 g/mol. The molecule has 2 N–H and O–H groups in total. The van der Waals surface area contributed by atoms with Crippen molar-refractivity contribution in [1.29, 1.82) is 0 Å². The number of hydrogen-bond acceptors (Lipinski definition) is 5. The summed E-state index contributed by atoms with van der Waals surface area (Å²) in [6, 6.07) is 15.0. The van der Waals surface area contributed by atoms with E-state index in [4.69, 9.17) is 5.73 Å². The number of nitrogens with two attached hydrogens (primary N) is 1. The van der Waals surface area contributed by atoms with Crippen molar-refractivity contribution in [3.8, 4) is 0 Å². The zero-order chi connectivity index (χ0) is 18.6. The van der Waals surface area contributed by atoms with Crippen molar-refractivity contribution in [3.05, 3.63) is 64.1 Å². The number of rotatable bonds is 5. The van der Waals surface area contributed by atoms with Gasteiger partial charge < -0.3 is 10.6 Å². The number of benzene rings is 2. The molecule has 1 amide bonds. The lowest BCUT2D eigenvalue weighted by molar-refractivity contribution is 0.0624. The molecule has 0 aliphatic carbocycles. The number of thiazole rings is 1. The van der Waals surface area contributed by atoms with Crippen LogP contribution in [0.25, 0.3) is 10.8 Å². The van der Waals surface area contributed by atoms with Crippen LogP contribution in [0.1, 0.15) is 21.1 Å². The molecule has 0 saturated carbocycles. The smallest absolute Gasteiger partial charge is 0.273 e. The van der Waals surface area contributed by atoms with Crippen LogP contribution in [0.2, 0.25) is 0 Å². The maximum Gasteiger partial charge on any atom is 0.273 e. The third kappa shape index (κ3) is 5.47. The Bertz CT molecular complexity index is 936. The fourth-order valence-corrected chi connectivity index (χ4v) is 4.38. The van der Waals surface area contributed by atoms with Gasteiger partial charge in [0.1, 0.15) is 5.69 Å². The number of piperazine rings is 1. The molecule has 3 aromatic rings. The highest BCUT2D eigenvalue weighted by atomic mass is 35.5. The Morgan fingerprint density at radius 1 is 1.03 bits per heavy atom. The van der Waals surface area contributed by atoms with Crippen molar-refractivity contribution in [2.24, 2.45) is 5.73 Å². The van der Waals surface area contributed by atoms with Gasteiger partial charge >= 0.3 is 0 Å². The average Bonchev–Trinajstić information content (AvgIpc) is 3.17. The van der Waals surface area contributed by atoms with Crippen LogP contribution in [0.4, 0.5) is 0 Å². The molecule has 5 nitrogen and oxygen atoms in total. The number of amides is 1. The van der Waals surface area contributed by atoms with Gasteiger partial charge in [-0.15, -0.1) is 36.2 Å². The molecule has 0 radical (unpaired) electrons. The Balaban J connectivity index is 0.00000150. The van der Waals surface area contributed by atoms with Gasteiger partial charge in [-0.2, -0.15) is 0 Å². The van der Waals surface area contributed by atoms with Crippen molar-refractivity contribution in [3.63, 3.8) is 0 Å². The van der Waals surface area contributed by atoms with Crippen molar-refractivity contribution in [2.75, 3.05) is 32.7 Å². The van der Waals surface area contributed by atoms with E-state index in [0.717, 1.165) is 44.2 Å². The summed E-state index contributed by atoms with van der Waals surface area (Å²) in [6.45, 7) is 4.74. The minimum absolute atomic E-state index is 0. The predicted molar refractivity (Wildman–Crippen MR) is 124 cm³/mol. The molecule has 0 atom stereocenters. The maximum atomic E-state index is 12.7. The van der Waals surface area contributed by atoms with E-state index in [1.54, 1.807) is 0 Å². The van der Waals surface area contributed by atoms with Crippen LogP contribution < -0.4 is 5.73 Å². The normalized spacial score (nSPS) is 14.3. The Kier molecular flexibility index (Phi) is 8.86. The highest BCUT2D eigenvalue weighted by Crippen LogP contribution is 2.21. The van der Waals surface area contributed by atoms with Crippen molar-refractivity contribution >= 4 is 52.8 Å². The van der Waals surface area contributed by atoms with E-state index in [9.17, 15) is 4.79 Å². The van der Waals surface area contributed by atoms with E-state index in [2.05, 4.69) is 52.3 Å². The molecule has 1 aliphatic heterocycles. The van der Waals surface area contributed by atoms with Crippen LogP contribution in [0.5, 0.6) is 0 Å². The molecule has 2 heterocycles. The second-order valence-electron chi connectivity index (χ2n) is 6.87. The summed E-state index contributed by atoms with van der Waals surface area (Å²) in [5.74, 6) is 0.0410. The third-order valence-electron chi connectivity index (χ3n) is 5.06. The van der Waals surface area contributed by atoms with Gasteiger partial charge in [0.05, 0.1) is 5.01 Å². The first-order chi connectivity index (χ1) is 13.2. The molecule has 4 rings (SSSR count). The molecule has 1 aromatic heterocycles. The Morgan fingerprint density at radius 3 is 2.52 bits per heavy atom. The van der Waals surface area contributed by atoms with Crippen LogP contribution in [0.15, 0.2) is 47.8 Å². The quantitative estimate of drug-likeness (QED) is 0.642. The van der Waals surface area contributed by atoms with Crippen LogP contribution in [-0.2, 0) is 13.0 Å². The van der Waals surface area contributed by atoms with E-state index in [1.807, 2.05) is 10.3 Å². The predicted octanol–water partition coefficient (Wildman–Crippen LogP) is 3.60. The molecule has 1 saturated heterocycles. The Hall–Kier alpha value is -1.70. The van der Waals surface area contributed by atoms with Gasteiger partial charge in [-0.3, -0.25) is 9.69 Å². The summed E-state index contributed by atoms with van der Waals surface area (Å²) < 4.78 is 0. The molecule has 1 aliphatic rings. The number of aromatic nitrogens is 1. The van der Waals surface area contributed by atoms with Crippen molar-refractivity contribution in [2.45, 2.75) is 13.0 Å². The highest BCUT2D eigenvalue weighted by molar-refractivity contribution is 7.09. The summed E-state index contributed by atoms with van der Waals surface area (Å²) in [5.41, 5.74) is 7.47. The molecule has 29 heavy (non-hydrogen) atoms. The molecule has 0 spiro atoms. The number of fused-ring (bicyclic) bond motifs is 1. The van der Waals surface area contributed by atoms with Gasteiger partial charge in [0, 0.05) is 44.5 Å². The first-order valence-electron chi connectivity index (χ1n) is 9.37. The molecular weight excluding hydrogens is 427 g/mol. The van der Waals surface area contributed by atoms with Crippen LogP contribution in [0.3, 0.4) is 0 Å². The molecular formula is C21H26Cl2N4OS. The van der Waals surface area contributed by atoms with Gasteiger partial charge in [0.2, 0.25) is 0 Å². The second-order valence-corrected chi connectivity index (χ2v) is 7.81.